The van der Waals surface area contributed by atoms with E-state index in [4.69, 9.17) is 14.2 Å². The number of carbonyl (C=O) groups excluding carboxylic acids is 1. The van der Waals surface area contributed by atoms with E-state index >= 15 is 0 Å². The Labute approximate surface area is 133 Å². The molecule has 1 aliphatic heterocycles. The molecular formula is C15H18N4O4. The number of nitrogens with zero attached hydrogens (tertiary/aromatic N) is 3. The van der Waals surface area contributed by atoms with Crippen molar-refractivity contribution in [1.82, 2.24) is 20.3 Å². The Kier molecular flexibility index (Phi) is 4.84. The van der Waals surface area contributed by atoms with Gasteiger partial charge in [-0.3, -0.25) is 4.79 Å². The highest BCUT2D eigenvalue weighted by atomic mass is 16.6. The first-order valence-electron chi connectivity index (χ1n) is 7.30. The van der Waals surface area contributed by atoms with Gasteiger partial charge in [0.1, 0.15) is 5.75 Å². The second-order valence-electron chi connectivity index (χ2n) is 5.02. The summed E-state index contributed by atoms with van der Waals surface area (Å²) in [4.78, 5) is 12.1. The van der Waals surface area contributed by atoms with Gasteiger partial charge < -0.3 is 19.5 Å². The van der Waals surface area contributed by atoms with Crippen LogP contribution in [0.1, 0.15) is 10.5 Å². The number of ether oxygens (including phenoxy) is 3. The first kappa shape index (κ1) is 15.4. The number of methoxy groups -OCH3 is 1. The Morgan fingerprint density at radius 2 is 2.22 bits per heavy atom. The number of rotatable bonds is 5. The van der Waals surface area contributed by atoms with Crippen LogP contribution in [0.5, 0.6) is 5.75 Å². The highest BCUT2D eigenvalue weighted by Gasteiger charge is 2.17. The summed E-state index contributed by atoms with van der Waals surface area (Å²) in [6.07, 6.45) is 1.46. The Morgan fingerprint density at radius 1 is 1.39 bits per heavy atom. The highest BCUT2D eigenvalue weighted by molar-refractivity contribution is 5.91. The Balaban J connectivity index is 1.60. The van der Waals surface area contributed by atoms with Gasteiger partial charge in [0.2, 0.25) is 0 Å². The molecule has 1 aliphatic rings. The molecule has 2 aromatic rings. The van der Waals surface area contributed by atoms with Crippen LogP contribution in [-0.2, 0) is 9.47 Å². The summed E-state index contributed by atoms with van der Waals surface area (Å²) in [5.74, 6) is 0.459. The number of hydrogen-bond acceptors (Lipinski definition) is 6. The molecule has 1 aromatic carbocycles. The first-order valence-corrected chi connectivity index (χ1v) is 7.30. The number of carbonyl (C=O) groups is 1. The van der Waals surface area contributed by atoms with E-state index in [9.17, 15) is 4.79 Å². The molecule has 1 fully saturated rings. The number of hydrogen-bond donors (Lipinski definition) is 1. The molecule has 1 amide bonds. The van der Waals surface area contributed by atoms with Crippen molar-refractivity contribution in [2.45, 2.75) is 6.10 Å². The van der Waals surface area contributed by atoms with Gasteiger partial charge in [-0.25, -0.2) is 4.68 Å². The fourth-order valence-corrected chi connectivity index (χ4v) is 2.18. The van der Waals surface area contributed by atoms with E-state index in [1.165, 1.54) is 4.68 Å². The Hall–Kier alpha value is -2.45. The van der Waals surface area contributed by atoms with Crippen LogP contribution in [0.15, 0.2) is 30.5 Å². The lowest BCUT2D eigenvalue weighted by Crippen LogP contribution is -2.39. The van der Waals surface area contributed by atoms with Crippen molar-refractivity contribution in [3.05, 3.63) is 36.2 Å². The smallest absolute Gasteiger partial charge is 0.273 e. The predicted octanol–water partition coefficient (Wildman–Crippen LogP) is 0.421. The molecule has 8 heteroatoms. The van der Waals surface area contributed by atoms with Gasteiger partial charge in [0.05, 0.1) is 44.9 Å². The zero-order valence-electron chi connectivity index (χ0n) is 12.8. The van der Waals surface area contributed by atoms with Gasteiger partial charge in [-0.15, -0.1) is 5.10 Å². The molecule has 0 radical (unpaired) electrons. The minimum atomic E-state index is -0.293. The zero-order valence-corrected chi connectivity index (χ0v) is 12.8. The number of nitrogens with one attached hydrogen (secondary N) is 1. The van der Waals surface area contributed by atoms with Gasteiger partial charge in [-0.1, -0.05) is 5.21 Å². The molecule has 1 aromatic heterocycles. The second kappa shape index (κ2) is 7.21. The topological polar surface area (TPSA) is 87.5 Å². The summed E-state index contributed by atoms with van der Waals surface area (Å²) in [6, 6.07) is 7.30. The van der Waals surface area contributed by atoms with Crippen LogP contribution in [0.25, 0.3) is 5.69 Å². The van der Waals surface area contributed by atoms with Gasteiger partial charge >= 0.3 is 0 Å². The standard InChI is InChI=1S/C15H18N4O4/c1-21-12-4-2-11(3-5-12)19-9-14(17-18-19)15(20)16-8-13-10-22-6-7-23-13/h2-5,9,13H,6-8,10H2,1H3,(H,16,20). The fourth-order valence-electron chi connectivity index (χ4n) is 2.18. The Morgan fingerprint density at radius 3 is 2.91 bits per heavy atom. The number of benzene rings is 1. The molecule has 3 rings (SSSR count). The summed E-state index contributed by atoms with van der Waals surface area (Å²) >= 11 is 0. The molecule has 1 N–H and O–H groups in total. The summed E-state index contributed by atoms with van der Waals surface area (Å²) in [5.41, 5.74) is 1.04. The van der Waals surface area contributed by atoms with Gasteiger partial charge in [0.25, 0.3) is 5.91 Å². The zero-order chi connectivity index (χ0) is 16.1. The summed E-state index contributed by atoms with van der Waals surface area (Å²) in [5, 5.41) is 10.6. The average Bonchev–Trinajstić information content (AvgIpc) is 3.11. The van der Waals surface area contributed by atoms with Crippen LogP contribution in [0.2, 0.25) is 0 Å². The average molecular weight is 318 g/mol. The van der Waals surface area contributed by atoms with Crippen LogP contribution in [-0.4, -0.2) is 60.5 Å². The van der Waals surface area contributed by atoms with E-state index in [0.717, 1.165) is 11.4 Å². The normalized spacial score (nSPS) is 17.7. The molecule has 0 bridgehead atoms. The van der Waals surface area contributed by atoms with Crippen LogP contribution in [0, 0.1) is 0 Å². The van der Waals surface area contributed by atoms with E-state index in [2.05, 4.69) is 15.6 Å². The molecule has 1 atom stereocenters. The summed E-state index contributed by atoms with van der Waals surface area (Å²) in [6.45, 7) is 2.02. The van der Waals surface area contributed by atoms with Gasteiger partial charge in [-0.2, -0.15) is 0 Å². The van der Waals surface area contributed by atoms with Gasteiger partial charge in [-0.05, 0) is 24.3 Å². The molecule has 0 saturated carbocycles. The molecule has 2 heterocycles. The summed E-state index contributed by atoms with van der Waals surface area (Å²) in [7, 11) is 1.61. The van der Waals surface area contributed by atoms with Gasteiger partial charge in [0, 0.05) is 6.54 Å². The van der Waals surface area contributed by atoms with Crippen molar-refractivity contribution in [1.29, 1.82) is 0 Å². The second-order valence-corrected chi connectivity index (χ2v) is 5.02. The quantitative estimate of drug-likeness (QED) is 0.860. The van der Waals surface area contributed by atoms with Crippen molar-refractivity contribution in [2.75, 3.05) is 33.5 Å². The van der Waals surface area contributed by atoms with Crippen LogP contribution >= 0.6 is 0 Å². The lowest BCUT2D eigenvalue weighted by atomic mass is 10.3. The maximum absolute atomic E-state index is 12.1. The van der Waals surface area contributed by atoms with Crippen molar-refractivity contribution in [3.63, 3.8) is 0 Å². The lowest BCUT2D eigenvalue weighted by molar-refractivity contribution is -0.0855. The van der Waals surface area contributed by atoms with E-state index in [0.29, 0.717) is 26.4 Å². The molecule has 122 valence electrons. The third-order valence-corrected chi connectivity index (χ3v) is 3.44. The van der Waals surface area contributed by atoms with Crippen LogP contribution < -0.4 is 10.1 Å². The fraction of sp³-hybridized carbons (Fsp3) is 0.400. The van der Waals surface area contributed by atoms with Crippen LogP contribution in [0.3, 0.4) is 0 Å². The van der Waals surface area contributed by atoms with E-state index in [-0.39, 0.29) is 17.7 Å². The highest BCUT2D eigenvalue weighted by Crippen LogP contribution is 2.14. The third kappa shape index (κ3) is 3.85. The van der Waals surface area contributed by atoms with Crippen LogP contribution in [0.4, 0.5) is 0 Å². The van der Waals surface area contributed by atoms with E-state index < -0.39 is 0 Å². The molecule has 1 unspecified atom stereocenters. The van der Waals surface area contributed by atoms with Crippen molar-refractivity contribution < 1.29 is 19.0 Å². The minimum absolute atomic E-state index is 0.121. The SMILES string of the molecule is COc1ccc(-n2cc(C(=O)NCC3COCCO3)nn2)cc1. The van der Waals surface area contributed by atoms with Gasteiger partial charge in [0.15, 0.2) is 5.69 Å². The first-order chi connectivity index (χ1) is 11.3. The largest absolute Gasteiger partial charge is 0.497 e. The molecular weight excluding hydrogens is 300 g/mol. The maximum Gasteiger partial charge on any atom is 0.273 e. The molecule has 1 saturated heterocycles. The molecule has 23 heavy (non-hydrogen) atoms. The maximum atomic E-state index is 12.1. The van der Waals surface area contributed by atoms with Crippen molar-refractivity contribution >= 4 is 5.91 Å². The number of amides is 1. The Bertz CT molecular complexity index is 650. The predicted molar refractivity (Wildman–Crippen MR) is 80.8 cm³/mol. The van der Waals surface area contributed by atoms with Crippen molar-refractivity contribution in [2.24, 2.45) is 0 Å². The molecule has 0 spiro atoms. The minimum Gasteiger partial charge on any atom is -0.497 e. The van der Waals surface area contributed by atoms with Crippen molar-refractivity contribution in [3.8, 4) is 11.4 Å². The molecule has 0 aliphatic carbocycles. The number of aromatic nitrogens is 3. The third-order valence-electron chi connectivity index (χ3n) is 3.44. The van der Waals surface area contributed by atoms with E-state index in [1.54, 1.807) is 13.3 Å². The molecule has 8 nitrogen and oxygen atoms in total. The monoisotopic (exact) mass is 318 g/mol. The van der Waals surface area contributed by atoms with E-state index in [1.807, 2.05) is 24.3 Å². The summed E-state index contributed by atoms with van der Waals surface area (Å²) < 4.78 is 17.4. The lowest BCUT2D eigenvalue weighted by Gasteiger charge is -2.22.